The predicted molar refractivity (Wildman–Crippen MR) is 77.2 cm³/mol. The predicted octanol–water partition coefficient (Wildman–Crippen LogP) is 1.60. The molecular formula is C15H14BFO3. The van der Waals surface area contributed by atoms with Gasteiger partial charge < -0.3 is 14.8 Å². The second kappa shape index (κ2) is 6.89. The lowest BCUT2D eigenvalue weighted by molar-refractivity contribution is 0.360. The Morgan fingerprint density at radius 1 is 1.10 bits per heavy atom. The minimum absolute atomic E-state index is 0.123. The van der Waals surface area contributed by atoms with Gasteiger partial charge in [-0.05, 0) is 17.7 Å². The highest BCUT2D eigenvalue weighted by Crippen LogP contribution is 2.11. The van der Waals surface area contributed by atoms with Gasteiger partial charge in [0.1, 0.15) is 18.2 Å². The van der Waals surface area contributed by atoms with E-state index in [0.717, 1.165) is 17.7 Å². The molecule has 0 aromatic heterocycles. The average Bonchev–Trinajstić information content (AvgIpc) is 2.44. The first-order valence-electron chi connectivity index (χ1n) is 6.17. The third-order valence-electron chi connectivity index (χ3n) is 2.70. The molecule has 0 unspecified atom stereocenters. The van der Waals surface area contributed by atoms with Crippen LogP contribution in [0.1, 0.15) is 5.56 Å². The third-order valence-corrected chi connectivity index (χ3v) is 2.70. The molecule has 0 amide bonds. The van der Waals surface area contributed by atoms with Crippen LogP contribution in [0.15, 0.2) is 54.6 Å². The van der Waals surface area contributed by atoms with Gasteiger partial charge in [0.05, 0.1) is 0 Å². The summed E-state index contributed by atoms with van der Waals surface area (Å²) >= 11 is 0. The SMILES string of the molecule is OB(O)c1ccc(F)cc1OC/C=C/c1ccccc1. The van der Waals surface area contributed by atoms with Crippen LogP contribution in [-0.2, 0) is 0 Å². The molecule has 20 heavy (non-hydrogen) atoms. The lowest BCUT2D eigenvalue weighted by Crippen LogP contribution is -2.31. The zero-order chi connectivity index (χ0) is 14.4. The summed E-state index contributed by atoms with van der Waals surface area (Å²) < 4.78 is 18.5. The summed E-state index contributed by atoms with van der Waals surface area (Å²) in [7, 11) is -1.69. The van der Waals surface area contributed by atoms with Gasteiger partial charge in [-0.2, -0.15) is 0 Å². The van der Waals surface area contributed by atoms with E-state index in [-0.39, 0.29) is 17.8 Å². The first-order valence-corrected chi connectivity index (χ1v) is 6.17. The van der Waals surface area contributed by atoms with E-state index in [1.54, 1.807) is 6.08 Å². The lowest BCUT2D eigenvalue weighted by atomic mass is 9.79. The van der Waals surface area contributed by atoms with E-state index in [4.69, 9.17) is 14.8 Å². The Morgan fingerprint density at radius 2 is 1.85 bits per heavy atom. The molecular weight excluding hydrogens is 258 g/mol. The van der Waals surface area contributed by atoms with E-state index in [0.29, 0.717) is 0 Å². The van der Waals surface area contributed by atoms with Crippen LogP contribution >= 0.6 is 0 Å². The number of rotatable bonds is 5. The molecule has 0 heterocycles. The fraction of sp³-hybridized carbons (Fsp3) is 0.0667. The molecule has 0 atom stereocenters. The monoisotopic (exact) mass is 272 g/mol. The van der Waals surface area contributed by atoms with Crippen LogP contribution in [0.4, 0.5) is 4.39 Å². The van der Waals surface area contributed by atoms with Crippen molar-refractivity contribution in [3.63, 3.8) is 0 Å². The summed E-state index contributed by atoms with van der Waals surface area (Å²) in [6.07, 6.45) is 3.64. The molecule has 0 aliphatic heterocycles. The number of hydrogen-bond acceptors (Lipinski definition) is 3. The average molecular weight is 272 g/mol. The van der Waals surface area contributed by atoms with Crippen molar-refractivity contribution < 1.29 is 19.2 Å². The van der Waals surface area contributed by atoms with Crippen molar-refractivity contribution in [1.82, 2.24) is 0 Å². The van der Waals surface area contributed by atoms with E-state index in [2.05, 4.69) is 0 Å². The van der Waals surface area contributed by atoms with Crippen molar-refractivity contribution in [3.8, 4) is 5.75 Å². The fourth-order valence-corrected chi connectivity index (χ4v) is 1.73. The summed E-state index contributed by atoms with van der Waals surface area (Å²) in [5.74, 6) is -0.367. The highest BCUT2D eigenvalue weighted by atomic mass is 19.1. The van der Waals surface area contributed by atoms with E-state index >= 15 is 0 Å². The van der Waals surface area contributed by atoms with Gasteiger partial charge in [-0.1, -0.05) is 42.5 Å². The van der Waals surface area contributed by atoms with E-state index < -0.39 is 12.9 Å². The maximum absolute atomic E-state index is 13.1. The Balaban J connectivity index is 2.00. The number of halogens is 1. The van der Waals surface area contributed by atoms with Crippen LogP contribution < -0.4 is 10.2 Å². The van der Waals surface area contributed by atoms with Crippen molar-refractivity contribution in [3.05, 3.63) is 66.0 Å². The van der Waals surface area contributed by atoms with Crippen molar-refractivity contribution in [1.29, 1.82) is 0 Å². The molecule has 0 aliphatic rings. The largest absolute Gasteiger partial charge is 0.492 e. The lowest BCUT2D eigenvalue weighted by Gasteiger charge is -2.09. The van der Waals surface area contributed by atoms with Gasteiger partial charge in [-0.25, -0.2) is 4.39 Å². The zero-order valence-electron chi connectivity index (χ0n) is 10.7. The van der Waals surface area contributed by atoms with E-state index in [9.17, 15) is 4.39 Å². The van der Waals surface area contributed by atoms with Crippen molar-refractivity contribution in [2.75, 3.05) is 6.61 Å². The fourth-order valence-electron chi connectivity index (χ4n) is 1.73. The van der Waals surface area contributed by atoms with Crippen LogP contribution in [0, 0.1) is 5.82 Å². The Morgan fingerprint density at radius 3 is 2.55 bits per heavy atom. The van der Waals surface area contributed by atoms with Crippen LogP contribution in [0.25, 0.3) is 6.08 Å². The second-order valence-corrected chi connectivity index (χ2v) is 4.18. The maximum Gasteiger partial charge on any atom is 0.492 e. The van der Waals surface area contributed by atoms with Crippen LogP contribution in [0.2, 0.25) is 0 Å². The summed E-state index contributed by atoms with van der Waals surface area (Å²) in [6.45, 7) is 0.206. The molecule has 0 saturated heterocycles. The molecule has 5 heteroatoms. The van der Waals surface area contributed by atoms with Crippen molar-refractivity contribution in [2.24, 2.45) is 0 Å². The van der Waals surface area contributed by atoms with Gasteiger partial charge in [-0.15, -0.1) is 0 Å². The minimum atomic E-state index is -1.69. The minimum Gasteiger partial charge on any atom is -0.490 e. The quantitative estimate of drug-likeness (QED) is 0.813. The first kappa shape index (κ1) is 14.3. The molecule has 0 bridgehead atoms. The molecule has 2 aromatic carbocycles. The van der Waals surface area contributed by atoms with Crippen LogP contribution in [0.3, 0.4) is 0 Å². The van der Waals surface area contributed by atoms with Gasteiger partial charge in [0, 0.05) is 11.5 Å². The zero-order valence-corrected chi connectivity index (χ0v) is 10.7. The number of benzene rings is 2. The highest BCUT2D eigenvalue weighted by Gasteiger charge is 2.17. The molecule has 0 aliphatic carbocycles. The molecule has 2 N–H and O–H groups in total. The molecule has 0 radical (unpaired) electrons. The van der Waals surface area contributed by atoms with E-state index in [1.165, 1.54) is 6.07 Å². The summed E-state index contributed by atoms with van der Waals surface area (Å²) in [5.41, 5.74) is 1.16. The van der Waals surface area contributed by atoms with Gasteiger partial charge in [-0.3, -0.25) is 0 Å². The molecule has 0 saturated carbocycles. The maximum atomic E-state index is 13.1. The summed E-state index contributed by atoms with van der Waals surface area (Å²) in [4.78, 5) is 0. The Hall–Kier alpha value is -2.11. The van der Waals surface area contributed by atoms with Gasteiger partial charge in [0.2, 0.25) is 0 Å². The third kappa shape index (κ3) is 3.95. The second-order valence-electron chi connectivity index (χ2n) is 4.18. The first-order chi connectivity index (χ1) is 9.66. The smallest absolute Gasteiger partial charge is 0.490 e. The summed E-state index contributed by atoms with van der Waals surface area (Å²) in [5, 5.41) is 18.3. The number of ether oxygens (including phenoxy) is 1. The normalized spacial score (nSPS) is 10.8. The van der Waals surface area contributed by atoms with Gasteiger partial charge >= 0.3 is 7.12 Å². The Kier molecular flexibility index (Phi) is 4.93. The van der Waals surface area contributed by atoms with Crippen molar-refractivity contribution >= 4 is 18.7 Å². The van der Waals surface area contributed by atoms with Crippen LogP contribution in [-0.4, -0.2) is 23.8 Å². The molecule has 102 valence electrons. The molecule has 2 aromatic rings. The standard InChI is InChI=1S/C15H14BFO3/c17-13-8-9-14(16(18)19)15(11-13)20-10-4-7-12-5-2-1-3-6-12/h1-9,11,18-19H,10H2/b7-4+. The topological polar surface area (TPSA) is 49.7 Å². The Labute approximate surface area is 117 Å². The number of hydrogen-bond donors (Lipinski definition) is 2. The Bertz CT molecular complexity index is 585. The highest BCUT2D eigenvalue weighted by molar-refractivity contribution is 6.59. The molecule has 2 rings (SSSR count). The van der Waals surface area contributed by atoms with Gasteiger partial charge in [0.25, 0.3) is 0 Å². The van der Waals surface area contributed by atoms with Crippen LogP contribution in [0.5, 0.6) is 5.75 Å². The summed E-state index contributed by atoms with van der Waals surface area (Å²) in [6, 6.07) is 13.2. The molecule has 0 spiro atoms. The molecule has 0 fully saturated rings. The van der Waals surface area contributed by atoms with Crippen molar-refractivity contribution in [2.45, 2.75) is 0 Å². The van der Waals surface area contributed by atoms with E-state index in [1.807, 2.05) is 36.4 Å². The molecule has 3 nitrogen and oxygen atoms in total. The van der Waals surface area contributed by atoms with Gasteiger partial charge in [0.15, 0.2) is 0 Å².